The molecule has 0 unspecified atom stereocenters. The van der Waals surface area contributed by atoms with Gasteiger partial charge in [-0.15, -0.1) is 0 Å². The normalized spacial score (nSPS) is 37.2. The van der Waals surface area contributed by atoms with Gasteiger partial charge in [-0.1, -0.05) is 0 Å². The maximum atomic E-state index is 11.9. The van der Waals surface area contributed by atoms with Crippen LogP contribution in [0, 0.1) is 5.92 Å². The maximum absolute atomic E-state index is 11.9. The molecule has 20 heavy (non-hydrogen) atoms. The fraction of sp³-hybridized carbons (Fsp3) is 0.733. The number of fused-ring (bicyclic) bond motifs is 1. The summed E-state index contributed by atoms with van der Waals surface area (Å²) in [6.07, 6.45) is 2.57. The van der Waals surface area contributed by atoms with Crippen LogP contribution >= 0.6 is 0 Å². The fourth-order valence-corrected chi connectivity index (χ4v) is 3.51. The molecule has 0 amide bonds. The van der Waals surface area contributed by atoms with E-state index in [-0.39, 0.29) is 17.7 Å². The van der Waals surface area contributed by atoms with Crippen LogP contribution in [0.15, 0.2) is 11.1 Å². The van der Waals surface area contributed by atoms with Crippen LogP contribution in [0.1, 0.15) is 39.5 Å². The second-order valence-electron chi connectivity index (χ2n) is 5.82. The Morgan fingerprint density at radius 1 is 1.35 bits per heavy atom. The summed E-state index contributed by atoms with van der Waals surface area (Å²) >= 11 is 0. The maximum Gasteiger partial charge on any atom is 0.303 e. The molecular weight excluding hydrogens is 260 g/mol. The molecule has 0 aromatic carbocycles. The van der Waals surface area contributed by atoms with Crippen LogP contribution < -0.4 is 0 Å². The lowest BCUT2D eigenvalue weighted by atomic mass is 9.83. The third-order valence-electron chi connectivity index (χ3n) is 4.58. The summed E-state index contributed by atoms with van der Waals surface area (Å²) < 4.78 is 17.3. The molecule has 0 aromatic rings. The molecule has 1 spiro atoms. The molecule has 110 valence electrons. The van der Waals surface area contributed by atoms with E-state index in [1.165, 1.54) is 6.92 Å². The van der Waals surface area contributed by atoms with Crippen LogP contribution in [0.5, 0.6) is 0 Å². The number of carbonyl (C=O) groups is 2. The van der Waals surface area contributed by atoms with Crippen LogP contribution in [0.4, 0.5) is 0 Å². The number of rotatable bonds is 1. The molecule has 3 aliphatic rings. The number of carbonyl (C=O) groups excluding carboxylic acids is 2. The molecule has 5 nitrogen and oxygen atoms in total. The van der Waals surface area contributed by atoms with E-state index in [9.17, 15) is 9.59 Å². The average molecular weight is 280 g/mol. The standard InChI is InChI=1S/C15H20O5/c1-9-12-8-19-15(5-3-4-6-18-15)14(20-10(2)16)11(12)7-13(9)17/h11,14H,3-8H2,1-2H3/t11-,14-,15-/m0/s1. The van der Waals surface area contributed by atoms with Gasteiger partial charge in [-0.3, -0.25) is 9.59 Å². The van der Waals surface area contributed by atoms with Gasteiger partial charge in [-0.2, -0.15) is 0 Å². The van der Waals surface area contributed by atoms with Gasteiger partial charge in [0.1, 0.15) is 0 Å². The van der Waals surface area contributed by atoms with Gasteiger partial charge in [-0.05, 0) is 30.9 Å². The van der Waals surface area contributed by atoms with Crippen molar-refractivity contribution in [3.05, 3.63) is 11.1 Å². The van der Waals surface area contributed by atoms with Gasteiger partial charge in [0.25, 0.3) is 0 Å². The Bertz CT molecular complexity index is 473. The number of Topliss-reactive ketones (excluding diaryl/α,β-unsaturated/α-hetero) is 1. The molecule has 3 rings (SSSR count). The highest BCUT2D eigenvalue weighted by Crippen LogP contribution is 2.46. The highest BCUT2D eigenvalue weighted by atomic mass is 16.7. The highest BCUT2D eigenvalue weighted by Gasteiger charge is 2.55. The smallest absolute Gasteiger partial charge is 0.303 e. The Kier molecular flexibility index (Phi) is 3.42. The highest BCUT2D eigenvalue weighted by molar-refractivity contribution is 5.98. The second-order valence-corrected chi connectivity index (χ2v) is 5.82. The van der Waals surface area contributed by atoms with Gasteiger partial charge in [0, 0.05) is 25.7 Å². The Morgan fingerprint density at radius 3 is 2.80 bits per heavy atom. The van der Waals surface area contributed by atoms with Gasteiger partial charge in [0.15, 0.2) is 11.9 Å². The van der Waals surface area contributed by atoms with Crippen LogP contribution in [-0.2, 0) is 23.8 Å². The van der Waals surface area contributed by atoms with E-state index in [1.54, 1.807) is 0 Å². The second kappa shape index (κ2) is 4.97. The number of esters is 1. The van der Waals surface area contributed by atoms with Crippen LogP contribution in [0.3, 0.4) is 0 Å². The first-order valence-corrected chi connectivity index (χ1v) is 7.21. The molecule has 0 radical (unpaired) electrons. The van der Waals surface area contributed by atoms with Crippen molar-refractivity contribution < 1.29 is 23.8 Å². The molecule has 0 saturated carbocycles. The fourth-order valence-electron chi connectivity index (χ4n) is 3.51. The Morgan fingerprint density at radius 2 is 2.15 bits per heavy atom. The van der Waals surface area contributed by atoms with Gasteiger partial charge in [0.05, 0.1) is 13.2 Å². The molecule has 2 aliphatic heterocycles. The first-order chi connectivity index (χ1) is 9.53. The summed E-state index contributed by atoms with van der Waals surface area (Å²) in [5, 5.41) is 0. The topological polar surface area (TPSA) is 61.8 Å². The van der Waals surface area contributed by atoms with Crippen molar-refractivity contribution >= 4 is 11.8 Å². The number of hydrogen-bond acceptors (Lipinski definition) is 5. The molecule has 5 heteroatoms. The third-order valence-corrected chi connectivity index (χ3v) is 4.58. The lowest BCUT2D eigenvalue weighted by Crippen LogP contribution is -2.57. The number of ether oxygens (including phenoxy) is 3. The monoisotopic (exact) mass is 280 g/mol. The summed E-state index contributed by atoms with van der Waals surface area (Å²) in [5.74, 6) is -1.18. The quantitative estimate of drug-likeness (QED) is 0.685. The van der Waals surface area contributed by atoms with E-state index in [4.69, 9.17) is 14.2 Å². The summed E-state index contributed by atoms with van der Waals surface area (Å²) in [5.41, 5.74) is 1.74. The van der Waals surface area contributed by atoms with Crippen molar-refractivity contribution in [2.75, 3.05) is 13.2 Å². The zero-order valence-electron chi connectivity index (χ0n) is 11.9. The first-order valence-electron chi connectivity index (χ1n) is 7.21. The average Bonchev–Trinajstić information content (AvgIpc) is 2.70. The van der Waals surface area contributed by atoms with Gasteiger partial charge < -0.3 is 14.2 Å². The van der Waals surface area contributed by atoms with Crippen LogP contribution in [-0.4, -0.2) is 36.9 Å². The zero-order chi connectivity index (χ0) is 14.3. The molecular formula is C15H20O5. The van der Waals surface area contributed by atoms with E-state index in [0.717, 1.165) is 24.0 Å². The lowest BCUT2D eigenvalue weighted by molar-refractivity contribution is -0.317. The summed E-state index contributed by atoms with van der Waals surface area (Å²) in [6, 6.07) is 0. The minimum absolute atomic E-state index is 0.0850. The molecule has 2 saturated heterocycles. The molecule has 2 fully saturated rings. The third kappa shape index (κ3) is 2.09. The molecule has 0 aromatic heterocycles. The van der Waals surface area contributed by atoms with E-state index in [1.807, 2.05) is 6.92 Å². The van der Waals surface area contributed by atoms with Crippen molar-refractivity contribution in [1.82, 2.24) is 0 Å². The number of allylic oxidation sites excluding steroid dienone is 1. The Hall–Kier alpha value is -1.20. The van der Waals surface area contributed by atoms with Crippen molar-refractivity contribution in [2.24, 2.45) is 5.92 Å². The summed E-state index contributed by atoms with van der Waals surface area (Å²) in [7, 11) is 0. The molecule has 0 N–H and O–H groups in total. The van der Waals surface area contributed by atoms with E-state index in [2.05, 4.69) is 0 Å². The zero-order valence-corrected chi connectivity index (χ0v) is 11.9. The van der Waals surface area contributed by atoms with E-state index < -0.39 is 11.9 Å². The SMILES string of the molecule is CC(=O)O[C@H]1[C@H]2CC(=O)C(C)=C2CO[C@@]12CCCCO2. The number of ketones is 1. The van der Waals surface area contributed by atoms with Gasteiger partial charge >= 0.3 is 5.97 Å². The van der Waals surface area contributed by atoms with Crippen molar-refractivity contribution in [2.45, 2.75) is 51.4 Å². The number of hydrogen-bond donors (Lipinski definition) is 0. The van der Waals surface area contributed by atoms with Gasteiger partial charge in [0.2, 0.25) is 5.79 Å². The molecule has 2 heterocycles. The first kappa shape index (κ1) is 13.8. The van der Waals surface area contributed by atoms with Crippen LogP contribution in [0.25, 0.3) is 0 Å². The van der Waals surface area contributed by atoms with Gasteiger partial charge in [-0.25, -0.2) is 0 Å². The summed E-state index contributed by atoms with van der Waals surface area (Å²) in [6.45, 7) is 4.22. The predicted molar refractivity (Wildman–Crippen MR) is 69.9 cm³/mol. The minimum Gasteiger partial charge on any atom is -0.456 e. The Balaban J connectivity index is 1.94. The molecule has 1 aliphatic carbocycles. The summed E-state index contributed by atoms with van der Waals surface area (Å²) in [4.78, 5) is 23.4. The lowest BCUT2D eigenvalue weighted by Gasteiger charge is -2.47. The largest absolute Gasteiger partial charge is 0.456 e. The van der Waals surface area contributed by atoms with E-state index >= 15 is 0 Å². The van der Waals surface area contributed by atoms with Crippen molar-refractivity contribution in [3.63, 3.8) is 0 Å². The van der Waals surface area contributed by atoms with E-state index in [0.29, 0.717) is 26.1 Å². The van der Waals surface area contributed by atoms with Crippen molar-refractivity contribution in [3.8, 4) is 0 Å². The predicted octanol–water partition coefficient (Wildman–Crippen LogP) is 1.75. The minimum atomic E-state index is -0.858. The van der Waals surface area contributed by atoms with Crippen molar-refractivity contribution in [1.29, 1.82) is 0 Å². The molecule has 0 bridgehead atoms. The molecule has 3 atom stereocenters. The Labute approximate surface area is 118 Å². The van der Waals surface area contributed by atoms with Crippen LogP contribution in [0.2, 0.25) is 0 Å².